The van der Waals surface area contributed by atoms with Crippen LogP contribution in [-0.4, -0.2) is 23.1 Å². The lowest BCUT2D eigenvalue weighted by Gasteiger charge is -1.98. The zero-order valence-electron chi connectivity index (χ0n) is 5.67. The molecule has 0 aromatic heterocycles. The van der Waals surface area contributed by atoms with E-state index < -0.39 is 12.3 Å². The molecule has 0 amide bonds. The fraction of sp³-hybridized carbons (Fsp3) is 0.600. The average Bonchev–Trinajstić information content (AvgIpc) is 1.82. The smallest absolute Gasteiger partial charge is 0.381 e. The lowest BCUT2D eigenvalue weighted by atomic mass is 10.5. The molecule has 0 aromatic carbocycles. The average molecular weight is 149 g/mol. The number of carboxylic acid groups (broad SMARTS) is 1. The van der Waals surface area contributed by atoms with Crippen molar-refractivity contribution in [3.8, 4) is 0 Å². The lowest BCUT2D eigenvalue weighted by Crippen LogP contribution is -2.15. The molecule has 0 aliphatic carbocycles. The van der Waals surface area contributed by atoms with Crippen molar-refractivity contribution < 1.29 is 19.1 Å². The Balaban J connectivity index is 3.70. The van der Waals surface area contributed by atoms with Gasteiger partial charge >= 0.3 is 12.3 Å². The number of hydrogen-bond acceptors (Lipinski definition) is 3. The van der Waals surface area contributed by atoms with Crippen LogP contribution in [0.25, 0.3) is 0 Å². The van der Waals surface area contributed by atoms with E-state index in [1.807, 2.05) is 0 Å². The van der Waals surface area contributed by atoms with E-state index in [2.05, 4.69) is 9.99 Å². The Hall–Kier alpha value is -1.13. The molecule has 1 N–H and O–H groups in total. The van der Waals surface area contributed by atoms with Gasteiger partial charge in [0.15, 0.2) is 0 Å². The van der Waals surface area contributed by atoms with Crippen LogP contribution >= 0.6 is 0 Å². The number of hydrogen-bond donors (Lipinski definition) is 1. The van der Waals surface area contributed by atoms with E-state index in [4.69, 9.17) is 5.11 Å². The molecule has 0 bridgehead atoms. The fourth-order valence-corrected chi connectivity index (χ4v) is 0.197. The van der Waals surface area contributed by atoms with Crippen LogP contribution in [0.5, 0.6) is 0 Å². The molecule has 10 heavy (non-hydrogen) atoms. The van der Waals surface area contributed by atoms with Gasteiger partial charge in [0.05, 0.1) is 5.71 Å². The van der Waals surface area contributed by atoms with Crippen molar-refractivity contribution in [1.29, 1.82) is 0 Å². The number of oxime groups is 1. The van der Waals surface area contributed by atoms with Gasteiger partial charge in [-0.05, 0) is 13.8 Å². The van der Waals surface area contributed by atoms with Gasteiger partial charge in [-0.1, -0.05) is 5.16 Å². The summed E-state index contributed by atoms with van der Waals surface area (Å²) in [5.41, 5.74) is 0.462. The topological polar surface area (TPSA) is 58.9 Å². The first-order chi connectivity index (χ1) is 4.54. The molecular weight excluding hydrogens is 141 g/mol. The highest BCUT2D eigenvalue weighted by atomic mass is 19.1. The second-order valence-electron chi connectivity index (χ2n) is 1.80. The maximum atomic E-state index is 12.0. The van der Waals surface area contributed by atoms with E-state index in [0.29, 0.717) is 5.71 Å². The van der Waals surface area contributed by atoms with Crippen LogP contribution in [-0.2, 0) is 9.63 Å². The monoisotopic (exact) mass is 149 g/mol. The maximum Gasteiger partial charge on any atom is 0.381 e. The molecule has 1 unspecified atom stereocenters. The van der Waals surface area contributed by atoms with Crippen LogP contribution in [0.15, 0.2) is 5.16 Å². The molecule has 0 aliphatic heterocycles. The van der Waals surface area contributed by atoms with Crippen LogP contribution < -0.4 is 0 Å². The van der Waals surface area contributed by atoms with E-state index in [9.17, 15) is 9.18 Å². The summed E-state index contributed by atoms with van der Waals surface area (Å²) in [4.78, 5) is 13.6. The third-order valence-corrected chi connectivity index (χ3v) is 0.522. The molecule has 0 heterocycles. The summed E-state index contributed by atoms with van der Waals surface area (Å²) in [5, 5.41) is 11.0. The summed E-state index contributed by atoms with van der Waals surface area (Å²) in [7, 11) is 0. The summed E-state index contributed by atoms with van der Waals surface area (Å²) < 4.78 is 12.0. The van der Waals surface area contributed by atoms with Gasteiger partial charge in [-0.3, -0.25) is 0 Å². The second-order valence-corrected chi connectivity index (χ2v) is 1.80. The summed E-state index contributed by atoms with van der Waals surface area (Å²) in [6, 6.07) is 0. The number of rotatable bonds is 3. The van der Waals surface area contributed by atoms with E-state index in [1.165, 1.54) is 0 Å². The molecule has 5 heteroatoms. The van der Waals surface area contributed by atoms with Crippen molar-refractivity contribution >= 4 is 11.7 Å². The number of alkyl halides is 1. The van der Waals surface area contributed by atoms with E-state index in [1.54, 1.807) is 13.8 Å². The molecule has 0 fully saturated rings. The summed E-state index contributed by atoms with van der Waals surface area (Å²) in [6.45, 7) is 3.13. The Morgan fingerprint density at radius 3 is 2.50 bits per heavy atom. The van der Waals surface area contributed by atoms with Crippen molar-refractivity contribution in [2.75, 3.05) is 0 Å². The molecule has 0 aromatic rings. The molecule has 0 radical (unpaired) electrons. The fourth-order valence-electron chi connectivity index (χ4n) is 0.197. The zero-order chi connectivity index (χ0) is 8.15. The number of nitrogens with zero attached hydrogens (tertiary/aromatic N) is 1. The minimum Gasteiger partial charge on any atom is -0.476 e. The maximum absolute atomic E-state index is 12.0. The molecule has 58 valence electrons. The SMILES string of the molecule is CC(C)=NOC(F)C(=O)O. The van der Waals surface area contributed by atoms with Crippen molar-refractivity contribution in [1.82, 2.24) is 0 Å². The van der Waals surface area contributed by atoms with Gasteiger partial charge in [0, 0.05) is 0 Å². The molecule has 0 saturated carbocycles. The third-order valence-electron chi connectivity index (χ3n) is 0.522. The van der Waals surface area contributed by atoms with Crippen molar-refractivity contribution in [3.63, 3.8) is 0 Å². The standard InChI is InChI=1S/C5H8FNO3/c1-3(2)7-10-4(6)5(8)9/h4H,1-2H3,(H,8,9). The largest absolute Gasteiger partial charge is 0.476 e. The van der Waals surface area contributed by atoms with E-state index >= 15 is 0 Å². The predicted octanol–water partition coefficient (Wildman–Crippen LogP) is 0.779. The number of halogens is 1. The van der Waals surface area contributed by atoms with E-state index in [0.717, 1.165) is 0 Å². The lowest BCUT2D eigenvalue weighted by molar-refractivity contribution is -0.162. The van der Waals surface area contributed by atoms with Gasteiger partial charge in [0.1, 0.15) is 0 Å². The molecule has 1 atom stereocenters. The van der Waals surface area contributed by atoms with Gasteiger partial charge in [-0.25, -0.2) is 4.79 Å². The zero-order valence-corrected chi connectivity index (χ0v) is 5.67. The Bertz CT molecular complexity index is 153. The Morgan fingerprint density at radius 1 is 1.70 bits per heavy atom. The molecule has 0 aliphatic rings. The van der Waals surface area contributed by atoms with Crippen molar-refractivity contribution in [2.24, 2.45) is 5.16 Å². The predicted molar refractivity (Wildman–Crippen MR) is 32.4 cm³/mol. The third kappa shape index (κ3) is 3.82. The summed E-state index contributed by atoms with van der Waals surface area (Å²) >= 11 is 0. The molecule has 0 rings (SSSR count). The number of carboxylic acids is 1. The quantitative estimate of drug-likeness (QED) is 0.476. The number of aliphatic carboxylic acids is 1. The first kappa shape index (κ1) is 8.87. The van der Waals surface area contributed by atoms with Gasteiger partial charge < -0.3 is 9.94 Å². The van der Waals surface area contributed by atoms with Crippen LogP contribution in [0.1, 0.15) is 13.8 Å². The van der Waals surface area contributed by atoms with Crippen LogP contribution in [0.4, 0.5) is 4.39 Å². The van der Waals surface area contributed by atoms with E-state index in [-0.39, 0.29) is 0 Å². The van der Waals surface area contributed by atoms with Crippen LogP contribution in [0.3, 0.4) is 0 Å². The van der Waals surface area contributed by atoms with Gasteiger partial charge in [0.2, 0.25) is 0 Å². The Morgan fingerprint density at radius 2 is 2.20 bits per heavy atom. The van der Waals surface area contributed by atoms with Gasteiger partial charge in [-0.15, -0.1) is 0 Å². The Kier molecular flexibility index (Phi) is 3.38. The molecule has 0 spiro atoms. The highest BCUT2D eigenvalue weighted by Gasteiger charge is 2.15. The minimum absolute atomic E-state index is 0.462. The molecular formula is C5H8FNO3. The first-order valence-corrected chi connectivity index (χ1v) is 2.58. The Labute approximate surface area is 57.3 Å². The first-order valence-electron chi connectivity index (χ1n) is 2.58. The summed E-state index contributed by atoms with van der Waals surface area (Å²) in [6.07, 6.45) is -2.37. The minimum atomic E-state index is -2.37. The van der Waals surface area contributed by atoms with Crippen molar-refractivity contribution in [3.05, 3.63) is 0 Å². The van der Waals surface area contributed by atoms with Crippen LogP contribution in [0.2, 0.25) is 0 Å². The molecule has 0 saturated heterocycles. The summed E-state index contributed by atoms with van der Waals surface area (Å²) in [5.74, 6) is -1.68. The highest BCUT2D eigenvalue weighted by molar-refractivity contribution is 5.78. The van der Waals surface area contributed by atoms with Crippen molar-refractivity contribution in [2.45, 2.75) is 20.2 Å². The van der Waals surface area contributed by atoms with Gasteiger partial charge in [-0.2, -0.15) is 4.39 Å². The number of carbonyl (C=O) groups is 1. The normalized spacial score (nSPS) is 11.9. The highest BCUT2D eigenvalue weighted by Crippen LogP contribution is 1.94. The second kappa shape index (κ2) is 3.81. The molecule has 4 nitrogen and oxygen atoms in total. The van der Waals surface area contributed by atoms with Crippen LogP contribution in [0, 0.1) is 0 Å². The van der Waals surface area contributed by atoms with Gasteiger partial charge in [0.25, 0.3) is 0 Å².